The van der Waals surface area contributed by atoms with Gasteiger partial charge in [0.25, 0.3) is 0 Å². The van der Waals surface area contributed by atoms with Gasteiger partial charge in [-0.1, -0.05) is 18.0 Å². The Hall–Kier alpha value is -1.65. The lowest BCUT2D eigenvalue weighted by Crippen LogP contribution is -2.40. The molecule has 1 amide bonds. The van der Waals surface area contributed by atoms with Crippen LogP contribution in [0.2, 0.25) is 5.15 Å². The molecule has 1 heterocycles. The van der Waals surface area contributed by atoms with Crippen LogP contribution in [0.1, 0.15) is 36.0 Å². The standard InChI is InChI=1S/C20H25ClN2O2/c1-13-9-16-11-17(19(21)22-18(16)10-14(13)2)12-23(7-8-25-3)20(24)15-5-4-6-15/h9-11,15H,4-8,12H2,1-3H3. The molecule has 0 aliphatic heterocycles. The molecule has 4 nitrogen and oxygen atoms in total. The summed E-state index contributed by atoms with van der Waals surface area (Å²) in [6.45, 7) is 5.74. The van der Waals surface area contributed by atoms with Gasteiger partial charge in [0.15, 0.2) is 0 Å². The maximum absolute atomic E-state index is 12.7. The number of aromatic nitrogens is 1. The number of amides is 1. The number of fused-ring (bicyclic) bond motifs is 1. The molecule has 1 aliphatic rings. The second-order valence-electron chi connectivity index (χ2n) is 6.95. The fraction of sp³-hybridized carbons (Fsp3) is 0.500. The number of benzene rings is 1. The first-order valence-electron chi connectivity index (χ1n) is 8.83. The van der Waals surface area contributed by atoms with Crippen LogP contribution < -0.4 is 0 Å². The van der Waals surface area contributed by atoms with E-state index in [2.05, 4.69) is 37.0 Å². The summed E-state index contributed by atoms with van der Waals surface area (Å²) in [5.74, 6) is 0.369. The SMILES string of the molecule is COCCN(Cc1cc2cc(C)c(C)cc2nc1Cl)C(=O)C1CCC1. The van der Waals surface area contributed by atoms with Crippen LogP contribution in [0.15, 0.2) is 18.2 Å². The summed E-state index contributed by atoms with van der Waals surface area (Å²) >= 11 is 6.43. The zero-order valence-electron chi connectivity index (χ0n) is 15.1. The van der Waals surface area contributed by atoms with E-state index in [1.165, 1.54) is 11.1 Å². The number of carbonyl (C=O) groups excluding carboxylic acids is 1. The number of aryl methyl sites for hydroxylation is 2. The van der Waals surface area contributed by atoms with Gasteiger partial charge in [-0.3, -0.25) is 4.79 Å². The van der Waals surface area contributed by atoms with Crippen molar-refractivity contribution in [2.45, 2.75) is 39.7 Å². The maximum atomic E-state index is 12.7. The van der Waals surface area contributed by atoms with Crippen molar-refractivity contribution in [1.82, 2.24) is 9.88 Å². The monoisotopic (exact) mass is 360 g/mol. The quantitative estimate of drug-likeness (QED) is 0.722. The summed E-state index contributed by atoms with van der Waals surface area (Å²) < 4.78 is 5.18. The van der Waals surface area contributed by atoms with Crippen molar-refractivity contribution in [2.75, 3.05) is 20.3 Å². The van der Waals surface area contributed by atoms with E-state index >= 15 is 0 Å². The van der Waals surface area contributed by atoms with Gasteiger partial charge in [0.2, 0.25) is 5.91 Å². The van der Waals surface area contributed by atoms with Crippen LogP contribution in [0.4, 0.5) is 0 Å². The molecular weight excluding hydrogens is 336 g/mol. The fourth-order valence-electron chi connectivity index (χ4n) is 3.16. The van der Waals surface area contributed by atoms with Crippen LogP contribution in [-0.4, -0.2) is 36.1 Å². The largest absolute Gasteiger partial charge is 0.383 e. The molecule has 5 heteroatoms. The number of halogens is 1. The van der Waals surface area contributed by atoms with E-state index in [0.29, 0.717) is 24.8 Å². The second-order valence-corrected chi connectivity index (χ2v) is 7.31. The molecule has 0 N–H and O–H groups in total. The molecule has 0 unspecified atom stereocenters. The Bertz CT molecular complexity index is 787. The molecule has 1 aliphatic carbocycles. The number of ether oxygens (including phenoxy) is 1. The van der Waals surface area contributed by atoms with E-state index in [4.69, 9.17) is 16.3 Å². The maximum Gasteiger partial charge on any atom is 0.226 e. The molecule has 25 heavy (non-hydrogen) atoms. The molecular formula is C20H25ClN2O2. The van der Waals surface area contributed by atoms with E-state index in [9.17, 15) is 4.79 Å². The third-order valence-electron chi connectivity index (χ3n) is 5.15. The Morgan fingerprint density at radius 1 is 1.28 bits per heavy atom. The van der Waals surface area contributed by atoms with Gasteiger partial charge in [-0.25, -0.2) is 4.98 Å². The van der Waals surface area contributed by atoms with Gasteiger partial charge in [0.05, 0.1) is 12.1 Å². The Labute approximate surface area is 154 Å². The number of carbonyl (C=O) groups is 1. The summed E-state index contributed by atoms with van der Waals surface area (Å²) in [6, 6.07) is 6.25. The average molecular weight is 361 g/mol. The first-order chi connectivity index (χ1) is 12.0. The van der Waals surface area contributed by atoms with Crippen molar-refractivity contribution in [1.29, 1.82) is 0 Å². The zero-order valence-corrected chi connectivity index (χ0v) is 15.9. The summed E-state index contributed by atoms with van der Waals surface area (Å²) in [6.07, 6.45) is 3.13. The van der Waals surface area contributed by atoms with Crippen molar-refractivity contribution >= 4 is 28.4 Å². The number of pyridine rings is 1. The minimum atomic E-state index is 0.161. The van der Waals surface area contributed by atoms with E-state index in [0.717, 1.165) is 35.7 Å². The molecule has 1 saturated carbocycles. The number of hydrogen-bond donors (Lipinski definition) is 0. The summed E-state index contributed by atoms with van der Waals surface area (Å²) in [4.78, 5) is 19.1. The third kappa shape index (κ3) is 3.96. The highest BCUT2D eigenvalue weighted by atomic mass is 35.5. The molecule has 1 aromatic heterocycles. The van der Waals surface area contributed by atoms with Crippen LogP contribution in [0.3, 0.4) is 0 Å². The van der Waals surface area contributed by atoms with Crippen molar-refractivity contribution in [3.05, 3.63) is 40.0 Å². The summed E-state index contributed by atoms with van der Waals surface area (Å²) in [7, 11) is 1.65. The van der Waals surface area contributed by atoms with Crippen LogP contribution in [0, 0.1) is 19.8 Å². The summed E-state index contributed by atoms with van der Waals surface area (Å²) in [5.41, 5.74) is 4.21. The zero-order chi connectivity index (χ0) is 18.0. The molecule has 0 spiro atoms. The highest BCUT2D eigenvalue weighted by Gasteiger charge is 2.29. The average Bonchev–Trinajstić information content (AvgIpc) is 2.52. The third-order valence-corrected chi connectivity index (χ3v) is 5.48. The predicted octanol–water partition coefficient (Wildman–Crippen LogP) is 4.28. The molecule has 1 aromatic carbocycles. The second kappa shape index (κ2) is 7.71. The number of hydrogen-bond acceptors (Lipinski definition) is 3. The van der Waals surface area contributed by atoms with E-state index in [-0.39, 0.29) is 11.8 Å². The smallest absolute Gasteiger partial charge is 0.226 e. The predicted molar refractivity (Wildman–Crippen MR) is 101 cm³/mol. The Kier molecular flexibility index (Phi) is 5.60. The minimum Gasteiger partial charge on any atom is -0.383 e. The highest BCUT2D eigenvalue weighted by Crippen LogP contribution is 2.30. The molecule has 1 fully saturated rings. The van der Waals surface area contributed by atoms with Gasteiger partial charge >= 0.3 is 0 Å². The van der Waals surface area contributed by atoms with Crippen molar-refractivity contribution in [3.63, 3.8) is 0 Å². The topological polar surface area (TPSA) is 42.4 Å². The molecule has 0 radical (unpaired) electrons. The molecule has 0 saturated heterocycles. The van der Waals surface area contributed by atoms with Gasteiger partial charge in [0.1, 0.15) is 5.15 Å². The number of methoxy groups -OCH3 is 1. The summed E-state index contributed by atoms with van der Waals surface area (Å²) in [5, 5.41) is 1.53. The number of rotatable bonds is 6. The number of nitrogens with zero attached hydrogens (tertiary/aromatic N) is 2. The lowest BCUT2D eigenvalue weighted by Gasteiger charge is -2.31. The first kappa shape index (κ1) is 18.2. The van der Waals surface area contributed by atoms with E-state index in [1.807, 2.05) is 4.90 Å². The normalized spacial score (nSPS) is 14.6. The minimum absolute atomic E-state index is 0.161. The Morgan fingerprint density at radius 3 is 2.64 bits per heavy atom. The van der Waals surface area contributed by atoms with Crippen molar-refractivity contribution in [3.8, 4) is 0 Å². The van der Waals surface area contributed by atoms with E-state index < -0.39 is 0 Å². The van der Waals surface area contributed by atoms with Gasteiger partial charge in [-0.15, -0.1) is 0 Å². The Balaban J connectivity index is 1.88. The highest BCUT2D eigenvalue weighted by molar-refractivity contribution is 6.30. The van der Waals surface area contributed by atoms with Crippen LogP contribution in [0.25, 0.3) is 10.9 Å². The molecule has 3 rings (SSSR count). The van der Waals surface area contributed by atoms with Gasteiger partial charge in [-0.2, -0.15) is 0 Å². The van der Waals surface area contributed by atoms with Crippen molar-refractivity contribution < 1.29 is 9.53 Å². The molecule has 134 valence electrons. The molecule has 0 bridgehead atoms. The van der Waals surface area contributed by atoms with Crippen LogP contribution >= 0.6 is 11.6 Å². The lowest BCUT2D eigenvalue weighted by molar-refractivity contribution is -0.139. The molecule has 0 atom stereocenters. The fourth-order valence-corrected chi connectivity index (χ4v) is 3.36. The first-order valence-corrected chi connectivity index (χ1v) is 9.21. The van der Waals surface area contributed by atoms with Gasteiger partial charge in [-0.05, 0) is 56.0 Å². The van der Waals surface area contributed by atoms with Crippen LogP contribution in [-0.2, 0) is 16.1 Å². The van der Waals surface area contributed by atoms with Crippen molar-refractivity contribution in [2.24, 2.45) is 5.92 Å². The van der Waals surface area contributed by atoms with Crippen LogP contribution in [0.5, 0.6) is 0 Å². The van der Waals surface area contributed by atoms with Gasteiger partial charge in [0, 0.05) is 37.1 Å². The Morgan fingerprint density at radius 2 is 2.00 bits per heavy atom. The molecule has 2 aromatic rings. The van der Waals surface area contributed by atoms with E-state index in [1.54, 1.807) is 7.11 Å². The lowest BCUT2D eigenvalue weighted by atomic mass is 9.84. The van der Waals surface area contributed by atoms with Gasteiger partial charge < -0.3 is 9.64 Å².